The summed E-state index contributed by atoms with van der Waals surface area (Å²) in [6, 6.07) is 4.65. The minimum atomic E-state index is 0. The van der Waals surface area contributed by atoms with Crippen LogP contribution in [0.1, 0.15) is 11.1 Å². The Labute approximate surface area is 109 Å². The van der Waals surface area contributed by atoms with Gasteiger partial charge in [0.2, 0.25) is 5.77 Å². The van der Waals surface area contributed by atoms with Crippen LogP contribution in [0.5, 0.6) is 0 Å². The van der Waals surface area contributed by atoms with E-state index in [0.717, 1.165) is 0 Å². The maximum Gasteiger partial charge on any atom is 0.381 e. The van der Waals surface area contributed by atoms with Gasteiger partial charge in [-0.05, 0) is 35.7 Å². The first-order chi connectivity index (χ1) is 6.24. The van der Waals surface area contributed by atoms with Crippen molar-refractivity contribution in [3.05, 3.63) is 39.8 Å². The molecule has 0 saturated heterocycles. The van der Waals surface area contributed by atoms with Crippen LogP contribution in [-0.4, -0.2) is 0 Å². The van der Waals surface area contributed by atoms with Gasteiger partial charge in [-0.25, -0.2) is 0 Å². The monoisotopic (exact) mass is 356 g/mol. The van der Waals surface area contributed by atoms with Gasteiger partial charge in [-0.3, -0.25) is 0 Å². The summed E-state index contributed by atoms with van der Waals surface area (Å²) in [4.78, 5) is 0. The molecule has 2 aromatic heterocycles. The number of aryl methyl sites for hydroxylation is 2. The molecule has 0 radical (unpaired) electrons. The fourth-order valence-electron chi connectivity index (χ4n) is 0.983. The fourth-order valence-corrected chi connectivity index (χ4v) is 7.10. The first kappa shape index (κ1) is 12.5. The maximum absolute atomic E-state index is 2.33. The van der Waals surface area contributed by atoms with Gasteiger partial charge in [-0.15, -0.1) is 0 Å². The van der Waals surface area contributed by atoms with Crippen molar-refractivity contribution in [2.45, 2.75) is 13.8 Å². The molecule has 0 unspecified atom stereocenters. The first-order valence-electron chi connectivity index (χ1n) is 3.99. The molecule has 0 amide bonds. The molecular formula is C10H10ClIS2. The molecule has 2 heterocycles. The average molecular weight is 357 g/mol. The molecule has 76 valence electrons. The second kappa shape index (κ2) is 5.49. The predicted molar refractivity (Wildman–Crippen MR) is 55.5 cm³/mol. The molecule has 4 heteroatoms. The summed E-state index contributed by atoms with van der Waals surface area (Å²) in [5.41, 5.74) is 2.82. The lowest BCUT2D eigenvalue weighted by Gasteiger charge is -1.72. The van der Waals surface area contributed by atoms with E-state index in [1.54, 1.807) is 5.77 Å². The SMILES string of the molecule is Cc1csc([I+]c2cc(C)cs2)c1.[Cl-]. The summed E-state index contributed by atoms with van der Waals surface area (Å²) in [7, 11) is 0. The Morgan fingerprint density at radius 1 is 0.929 bits per heavy atom. The molecule has 0 saturated carbocycles. The van der Waals surface area contributed by atoms with Gasteiger partial charge in [0.25, 0.3) is 0 Å². The van der Waals surface area contributed by atoms with Crippen LogP contribution in [0.15, 0.2) is 22.9 Å². The Morgan fingerprint density at radius 2 is 1.36 bits per heavy atom. The number of halogens is 2. The number of hydrogen-bond donors (Lipinski definition) is 0. The molecule has 2 rings (SSSR count). The van der Waals surface area contributed by atoms with Crippen molar-refractivity contribution in [3.63, 3.8) is 0 Å². The Bertz CT molecular complexity index is 367. The Hall–Kier alpha value is 0.420. The third-order valence-electron chi connectivity index (χ3n) is 1.58. The van der Waals surface area contributed by atoms with Crippen molar-refractivity contribution in [1.29, 1.82) is 0 Å². The second-order valence-electron chi connectivity index (χ2n) is 2.95. The van der Waals surface area contributed by atoms with E-state index in [9.17, 15) is 0 Å². The largest absolute Gasteiger partial charge is 1.00 e. The van der Waals surface area contributed by atoms with E-state index in [2.05, 4.69) is 36.7 Å². The van der Waals surface area contributed by atoms with Crippen LogP contribution in [-0.2, 0) is 0 Å². The molecule has 0 bridgehead atoms. The lowest BCUT2D eigenvalue weighted by molar-refractivity contribution is -0.585. The van der Waals surface area contributed by atoms with Gasteiger partial charge in [0, 0.05) is 12.1 Å². The summed E-state index contributed by atoms with van der Waals surface area (Å²) in [5.74, 6) is 0. The summed E-state index contributed by atoms with van der Waals surface area (Å²) in [6.07, 6.45) is 0. The van der Waals surface area contributed by atoms with Crippen LogP contribution in [0.25, 0.3) is 0 Å². The molecule has 0 aliphatic heterocycles. The number of hydrogen-bond acceptors (Lipinski definition) is 2. The lowest BCUT2D eigenvalue weighted by atomic mass is 10.4. The minimum Gasteiger partial charge on any atom is -1.00 e. The Kier molecular flexibility index (Phi) is 4.90. The van der Waals surface area contributed by atoms with E-state index in [1.807, 2.05) is 22.7 Å². The van der Waals surface area contributed by atoms with Gasteiger partial charge in [0.05, 0.1) is 0 Å². The smallest absolute Gasteiger partial charge is 0.381 e. The van der Waals surface area contributed by atoms with Crippen LogP contribution in [0, 0.1) is 19.6 Å². The second-order valence-corrected chi connectivity index (χ2v) is 9.10. The van der Waals surface area contributed by atoms with Crippen molar-refractivity contribution >= 4 is 22.7 Å². The van der Waals surface area contributed by atoms with Crippen molar-refractivity contribution in [2.75, 3.05) is 0 Å². The van der Waals surface area contributed by atoms with Gasteiger partial charge in [-0.2, -0.15) is 0 Å². The molecule has 14 heavy (non-hydrogen) atoms. The zero-order chi connectivity index (χ0) is 9.26. The van der Waals surface area contributed by atoms with E-state index < -0.39 is 0 Å². The Balaban J connectivity index is 0.000000980. The summed E-state index contributed by atoms with van der Waals surface area (Å²) in [6.45, 7) is 4.34. The van der Waals surface area contributed by atoms with Crippen LogP contribution < -0.4 is 33.6 Å². The molecule has 0 aromatic carbocycles. The zero-order valence-corrected chi connectivity index (χ0v) is 12.4. The first-order valence-corrected chi connectivity index (χ1v) is 7.91. The molecule has 0 fully saturated rings. The average Bonchev–Trinajstić information content (AvgIpc) is 2.62. The minimum absolute atomic E-state index is 0. The van der Waals surface area contributed by atoms with Gasteiger partial charge in [0.1, 0.15) is 0 Å². The van der Waals surface area contributed by atoms with Gasteiger partial charge in [0.15, 0.2) is 0 Å². The molecule has 0 aliphatic rings. The number of rotatable bonds is 2. The van der Waals surface area contributed by atoms with E-state index in [1.165, 1.54) is 11.1 Å². The highest BCUT2D eigenvalue weighted by Crippen LogP contribution is 2.05. The fraction of sp³-hybridized carbons (Fsp3) is 0.200. The summed E-state index contributed by atoms with van der Waals surface area (Å²) >= 11 is 3.93. The van der Waals surface area contributed by atoms with Crippen LogP contribution >= 0.6 is 22.7 Å². The highest BCUT2D eigenvalue weighted by Gasteiger charge is 2.18. The summed E-state index contributed by atoms with van der Waals surface area (Å²) in [5, 5.41) is 4.49. The van der Waals surface area contributed by atoms with Crippen molar-refractivity contribution in [3.8, 4) is 0 Å². The van der Waals surface area contributed by atoms with E-state index >= 15 is 0 Å². The third kappa shape index (κ3) is 3.22. The highest BCUT2D eigenvalue weighted by molar-refractivity contribution is 7.08. The van der Waals surface area contributed by atoms with E-state index in [4.69, 9.17) is 0 Å². The Morgan fingerprint density at radius 3 is 1.64 bits per heavy atom. The molecule has 0 N–H and O–H groups in total. The van der Waals surface area contributed by atoms with Crippen LogP contribution in [0.4, 0.5) is 0 Å². The maximum atomic E-state index is 2.33. The van der Waals surface area contributed by atoms with Crippen molar-refractivity contribution < 1.29 is 33.6 Å². The molecule has 0 atom stereocenters. The molecule has 0 spiro atoms. The lowest BCUT2D eigenvalue weighted by Crippen LogP contribution is -3.61. The standard InChI is InChI=1S/C10H10IS2.ClH/c1-7-3-9(12-5-7)11-10-4-8(2)6-13-10;/h3-6H,1-2H3;1H/q+1;/p-1. The van der Waals surface area contributed by atoms with Gasteiger partial charge < -0.3 is 12.4 Å². The van der Waals surface area contributed by atoms with Gasteiger partial charge >= 0.3 is 21.2 Å². The summed E-state index contributed by atoms with van der Waals surface area (Å²) < 4.78 is 3.16. The topological polar surface area (TPSA) is 0 Å². The molecule has 0 aliphatic carbocycles. The van der Waals surface area contributed by atoms with Crippen molar-refractivity contribution in [1.82, 2.24) is 0 Å². The van der Waals surface area contributed by atoms with E-state index in [0.29, 0.717) is 0 Å². The quantitative estimate of drug-likeness (QED) is 0.525. The van der Waals surface area contributed by atoms with E-state index in [-0.39, 0.29) is 33.6 Å². The zero-order valence-electron chi connectivity index (χ0n) is 7.88. The molecule has 0 nitrogen and oxygen atoms in total. The number of thiophene rings is 2. The molecule has 2 aromatic rings. The van der Waals surface area contributed by atoms with Crippen molar-refractivity contribution in [2.24, 2.45) is 0 Å². The normalized spacial score (nSPS) is 9.86. The highest BCUT2D eigenvalue weighted by atomic mass is 127. The van der Waals surface area contributed by atoms with Gasteiger partial charge in [-0.1, -0.05) is 22.7 Å². The molecular weight excluding hydrogens is 347 g/mol. The van der Waals surface area contributed by atoms with Crippen LogP contribution in [0.3, 0.4) is 0 Å². The third-order valence-corrected chi connectivity index (χ3v) is 7.50. The van der Waals surface area contributed by atoms with Crippen LogP contribution in [0.2, 0.25) is 0 Å². The predicted octanol–water partition coefficient (Wildman–Crippen LogP) is -2.44.